The average Bonchev–Trinajstić information content (AvgIpc) is 3.09. The summed E-state index contributed by atoms with van der Waals surface area (Å²) in [4.78, 5) is 43.1. The summed E-state index contributed by atoms with van der Waals surface area (Å²) in [6.45, 7) is 10.4. The van der Waals surface area contributed by atoms with Crippen LogP contribution in [0.5, 0.6) is 0 Å². The first-order valence-electron chi connectivity index (χ1n) is 8.65. The lowest BCUT2D eigenvalue weighted by Crippen LogP contribution is -2.46. The molecule has 9 nitrogen and oxygen atoms in total. The Bertz CT molecular complexity index is 756. The number of aliphatic imine (C=N–C) groups is 1. The molecule has 1 aliphatic heterocycles. The first kappa shape index (κ1) is 20.8. The van der Waals surface area contributed by atoms with Gasteiger partial charge in [0.25, 0.3) is 5.22 Å². The highest BCUT2D eigenvalue weighted by Crippen LogP contribution is 2.22. The van der Waals surface area contributed by atoms with Gasteiger partial charge >= 0.3 is 6.03 Å². The van der Waals surface area contributed by atoms with Crippen LogP contribution in [-0.2, 0) is 16.0 Å². The van der Waals surface area contributed by atoms with Gasteiger partial charge in [-0.05, 0) is 20.8 Å². The van der Waals surface area contributed by atoms with Crippen molar-refractivity contribution >= 4 is 35.3 Å². The molecule has 1 aromatic heterocycles. The first-order valence-corrected chi connectivity index (χ1v) is 9.64. The number of rotatable bonds is 9. The number of hydrogen-bond donors (Lipinski definition) is 0. The van der Waals surface area contributed by atoms with Crippen molar-refractivity contribution in [1.29, 1.82) is 0 Å². The molecule has 10 heteroatoms. The molecule has 1 aromatic rings. The van der Waals surface area contributed by atoms with Gasteiger partial charge < -0.3 is 9.32 Å². The van der Waals surface area contributed by atoms with E-state index in [4.69, 9.17) is 4.42 Å². The summed E-state index contributed by atoms with van der Waals surface area (Å²) in [6, 6.07) is -0.592. The largest absolute Gasteiger partial charge is 0.416 e. The molecule has 0 bridgehead atoms. The van der Waals surface area contributed by atoms with Gasteiger partial charge in [0.1, 0.15) is 0 Å². The molecule has 2 heterocycles. The standard InChI is InChI=1S/C17H23N5O4S/c1-5-8-22-15(24)12(11(4)18-16(22)25)9-13-19-20-17(26-13)27-10-14(23)21(6-2)7-3/h5,12H,1,6-10H2,2-4H3. The Morgan fingerprint density at radius 2 is 2.04 bits per heavy atom. The maximum absolute atomic E-state index is 12.5. The third-order valence-electron chi connectivity index (χ3n) is 4.15. The van der Waals surface area contributed by atoms with E-state index < -0.39 is 11.9 Å². The molecule has 0 aromatic carbocycles. The molecule has 0 saturated carbocycles. The van der Waals surface area contributed by atoms with Crippen molar-refractivity contribution < 1.29 is 18.8 Å². The van der Waals surface area contributed by atoms with Crippen LogP contribution in [0.25, 0.3) is 0 Å². The van der Waals surface area contributed by atoms with E-state index in [1.54, 1.807) is 11.8 Å². The zero-order valence-corrected chi connectivity index (χ0v) is 16.5. The summed E-state index contributed by atoms with van der Waals surface area (Å²) < 4.78 is 5.54. The number of hydrogen-bond acceptors (Lipinski definition) is 7. The molecule has 1 aliphatic rings. The predicted molar refractivity (Wildman–Crippen MR) is 101 cm³/mol. The fourth-order valence-corrected chi connectivity index (χ4v) is 3.31. The number of carbonyl (C=O) groups excluding carboxylic acids is 3. The molecule has 1 unspecified atom stereocenters. The molecule has 27 heavy (non-hydrogen) atoms. The van der Waals surface area contributed by atoms with E-state index in [0.717, 1.165) is 16.7 Å². The van der Waals surface area contributed by atoms with Crippen molar-refractivity contribution in [3.8, 4) is 0 Å². The SMILES string of the molecule is C=CCN1C(=O)N=C(C)C(Cc2nnc(SCC(=O)N(CC)CC)o2)C1=O. The molecule has 0 spiro atoms. The third-order valence-corrected chi connectivity index (χ3v) is 4.95. The minimum absolute atomic E-state index is 0.00577. The van der Waals surface area contributed by atoms with E-state index in [0.29, 0.717) is 18.8 Å². The molecule has 4 amide bonds. The van der Waals surface area contributed by atoms with E-state index in [1.807, 2.05) is 13.8 Å². The van der Waals surface area contributed by atoms with Crippen LogP contribution >= 0.6 is 11.8 Å². The lowest BCUT2D eigenvalue weighted by atomic mass is 9.97. The average molecular weight is 393 g/mol. The van der Waals surface area contributed by atoms with Gasteiger partial charge in [0.2, 0.25) is 17.7 Å². The Labute approximate surface area is 161 Å². The summed E-state index contributed by atoms with van der Waals surface area (Å²) in [5.74, 6) is -0.551. The fraction of sp³-hybridized carbons (Fsp3) is 0.529. The Hall–Kier alpha value is -2.49. The highest BCUT2D eigenvalue weighted by atomic mass is 32.2. The van der Waals surface area contributed by atoms with Crippen molar-refractivity contribution in [3.05, 3.63) is 18.5 Å². The lowest BCUT2D eigenvalue weighted by Gasteiger charge is -2.27. The summed E-state index contributed by atoms with van der Waals surface area (Å²) in [5, 5.41) is 8.12. The van der Waals surface area contributed by atoms with Crippen molar-refractivity contribution in [2.24, 2.45) is 10.9 Å². The summed E-state index contributed by atoms with van der Waals surface area (Å²) in [6.07, 6.45) is 1.62. The van der Waals surface area contributed by atoms with Crippen LogP contribution in [0.15, 0.2) is 27.3 Å². The van der Waals surface area contributed by atoms with Crippen LogP contribution < -0.4 is 0 Å². The second-order valence-corrected chi connectivity index (χ2v) is 6.77. The van der Waals surface area contributed by atoms with Crippen LogP contribution in [0, 0.1) is 5.92 Å². The minimum atomic E-state index is -0.641. The fourth-order valence-electron chi connectivity index (χ4n) is 2.63. The Kier molecular flexibility index (Phi) is 7.28. The molecule has 0 fully saturated rings. The minimum Gasteiger partial charge on any atom is -0.416 e. The number of urea groups is 1. The monoisotopic (exact) mass is 393 g/mol. The molecule has 0 radical (unpaired) electrons. The summed E-state index contributed by atoms with van der Waals surface area (Å²) >= 11 is 1.16. The highest BCUT2D eigenvalue weighted by Gasteiger charge is 2.36. The van der Waals surface area contributed by atoms with Crippen LogP contribution in [0.2, 0.25) is 0 Å². The van der Waals surface area contributed by atoms with Crippen LogP contribution in [-0.4, -0.2) is 68.9 Å². The smallest absolute Gasteiger partial charge is 0.350 e. The molecule has 0 aliphatic carbocycles. The number of thioether (sulfide) groups is 1. The maximum Gasteiger partial charge on any atom is 0.350 e. The van der Waals surface area contributed by atoms with Gasteiger partial charge in [0.05, 0.1) is 11.7 Å². The zero-order valence-electron chi connectivity index (χ0n) is 15.7. The Morgan fingerprint density at radius 1 is 1.33 bits per heavy atom. The Morgan fingerprint density at radius 3 is 2.67 bits per heavy atom. The van der Waals surface area contributed by atoms with Gasteiger partial charge in [-0.25, -0.2) is 9.79 Å². The normalized spacial score (nSPS) is 17.1. The number of amides is 4. The van der Waals surface area contributed by atoms with Gasteiger partial charge in [-0.3, -0.25) is 14.5 Å². The summed E-state index contributed by atoms with van der Waals surface area (Å²) in [7, 11) is 0. The van der Waals surface area contributed by atoms with Crippen LogP contribution in [0.3, 0.4) is 0 Å². The first-order chi connectivity index (χ1) is 12.9. The van der Waals surface area contributed by atoms with E-state index in [1.165, 1.54) is 6.08 Å². The molecular formula is C17H23N5O4S. The lowest BCUT2D eigenvalue weighted by molar-refractivity contribution is -0.130. The second kappa shape index (κ2) is 9.45. The molecular weight excluding hydrogens is 370 g/mol. The Balaban J connectivity index is 2.01. The number of carbonyl (C=O) groups is 3. The van der Waals surface area contributed by atoms with Gasteiger partial charge in [0.15, 0.2) is 0 Å². The topological polar surface area (TPSA) is 109 Å². The number of aromatic nitrogens is 2. The van der Waals surface area contributed by atoms with Crippen molar-refractivity contribution in [2.45, 2.75) is 32.4 Å². The second-order valence-electron chi connectivity index (χ2n) is 5.85. The van der Waals surface area contributed by atoms with Gasteiger partial charge in [-0.15, -0.1) is 16.8 Å². The molecule has 0 saturated heterocycles. The summed E-state index contributed by atoms with van der Waals surface area (Å²) in [5.41, 5.74) is 0.412. The zero-order chi connectivity index (χ0) is 20.0. The van der Waals surface area contributed by atoms with Gasteiger partial charge in [-0.1, -0.05) is 17.8 Å². The third kappa shape index (κ3) is 5.03. The van der Waals surface area contributed by atoms with Crippen LogP contribution in [0.4, 0.5) is 4.79 Å². The van der Waals surface area contributed by atoms with Gasteiger partial charge in [0, 0.05) is 31.8 Å². The molecule has 1 atom stereocenters. The van der Waals surface area contributed by atoms with E-state index in [-0.39, 0.29) is 41.6 Å². The maximum atomic E-state index is 12.5. The predicted octanol–water partition coefficient (Wildman–Crippen LogP) is 1.80. The number of imide groups is 1. The molecule has 146 valence electrons. The quantitative estimate of drug-likeness (QED) is 0.465. The van der Waals surface area contributed by atoms with Gasteiger partial charge in [-0.2, -0.15) is 0 Å². The number of nitrogens with zero attached hydrogens (tertiary/aromatic N) is 5. The highest BCUT2D eigenvalue weighted by molar-refractivity contribution is 7.99. The van der Waals surface area contributed by atoms with E-state index in [9.17, 15) is 14.4 Å². The van der Waals surface area contributed by atoms with Crippen molar-refractivity contribution in [3.63, 3.8) is 0 Å². The van der Waals surface area contributed by atoms with Crippen molar-refractivity contribution in [1.82, 2.24) is 20.0 Å². The molecule has 2 rings (SSSR count). The molecule has 0 N–H and O–H groups in total. The van der Waals surface area contributed by atoms with Crippen LogP contribution in [0.1, 0.15) is 26.7 Å². The van der Waals surface area contributed by atoms with Crippen molar-refractivity contribution in [2.75, 3.05) is 25.4 Å². The van der Waals surface area contributed by atoms with E-state index in [2.05, 4.69) is 21.8 Å². The van der Waals surface area contributed by atoms with E-state index >= 15 is 0 Å².